The third-order valence-corrected chi connectivity index (χ3v) is 4.36. The number of rotatable bonds is 5. The summed E-state index contributed by atoms with van der Waals surface area (Å²) in [4.78, 5) is 26.6. The molecule has 1 aliphatic rings. The van der Waals surface area contributed by atoms with E-state index in [1.165, 1.54) is 0 Å². The maximum atomic E-state index is 13.1. The van der Waals surface area contributed by atoms with Gasteiger partial charge in [-0.2, -0.15) is 5.10 Å². The van der Waals surface area contributed by atoms with Crippen molar-refractivity contribution in [3.8, 4) is 11.3 Å². The zero-order valence-electron chi connectivity index (χ0n) is 15.1. The number of ether oxygens (including phenoxy) is 2. The standard InChI is InChI=1S/C19H23N3O4/c1-3-26-18(23)11-15-13-25-10-9-22(15)19(24)17-12-16(20-21(17)2)14-7-5-4-6-8-14/h4-8,12,15H,3,9-11,13H2,1-2H3. The minimum absolute atomic E-state index is 0.128. The molecule has 7 heteroatoms. The van der Waals surface area contributed by atoms with Gasteiger partial charge in [-0.25, -0.2) is 0 Å². The van der Waals surface area contributed by atoms with E-state index in [1.807, 2.05) is 30.3 Å². The average Bonchev–Trinajstić information content (AvgIpc) is 3.04. The van der Waals surface area contributed by atoms with E-state index >= 15 is 0 Å². The fourth-order valence-electron chi connectivity index (χ4n) is 3.07. The second kappa shape index (κ2) is 8.14. The van der Waals surface area contributed by atoms with Gasteiger partial charge in [0.05, 0.1) is 38.0 Å². The van der Waals surface area contributed by atoms with Gasteiger partial charge in [0.1, 0.15) is 5.69 Å². The van der Waals surface area contributed by atoms with Crippen molar-refractivity contribution in [2.24, 2.45) is 7.05 Å². The number of aryl methyl sites for hydroxylation is 1. The summed E-state index contributed by atoms with van der Waals surface area (Å²) in [5.74, 6) is -0.476. The number of esters is 1. The Morgan fingerprint density at radius 2 is 2.08 bits per heavy atom. The molecular weight excluding hydrogens is 334 g/mol. The molecule has 7 nitrogen and oxygen atoms in total. The monoisotopic (exact) mass is 357 g/mol. The molecule has 1 fully saturated rings. The fourth-order valence-corrected chi connectivity index (χ4v) is 3.07. The highest BCUT2D eigenvalue weighted by Crippen LogP contribution is 2.21. The molecule has 1 unspecified atom stereocenters. The summed E-state index contributed by atoms with van der Waals surface area (Å²) in [6.07, 6.45) is 0.128. The van der Waals surface area contributed by atoms with Gasteiger partial charge in [0, 0.05) is 19.2 Å². The number of hydrogen-bond acceptors (Lipinski definition) is 5. The van der Waals surface area contributed by atoms with Crippen LogP contribution >= 0.6 is 0 Å². The Labute approximate surface area is 152 Å². The normalized spacial score (nSPS) is 17.2. The highest BCUT2D eigenvalue weighted by Gasteiger charge is 2.32. The van der Waals surface area contributed by atoms with Crippen LogP contribution in [0.1, 0.15) is 23.8 Å². The molecule has 138 valence electrons. The topological polar surface area (TPSA) is 73.7 Å². The highest BCUT2D eigenvalue weighted by molar-refractivity contribution is 5.94. The molecule has 3 rings (SSSR count). The van der Waals surface area contributed by atoms with Crippen LogP contribution in [-0.2, 0) is 21.3 Å². The molecule has 2 aromatic rings. The molecule has 0 saturated carbocycles. The molecule has 1 aliphatic heterocycles. The van der Waals surface area contributed by atoms with Crippen molar-refractivity contribution in [3.63, 3.8) is 0 Å². The van der Waals surface area contributed by atoms with Crippen LogP contribution in [0.2, 0.25) is 0 Å². The predicted octanol–water partition coefficient (Wildman–Crippen LogP) is 1.88. The number of nitrogens with zero attached hydrogens (tertiary/aromatic N) is 3. The van der Waals surface area contributed by atoms with Crippen molar-refractivity contribution in [3.05, 3.63) is 42.1 Å². The number of amides is 1. The number of benzene rings is 1. The van der Waals surface area contributed by atoms with Crippen molar-refractivity contribution < 1.29 is 19.1 Å². The number of carbonyl (C=O) groups excluding carboxylic acids is 2. The summed E-state index contributed by atoms with van der Waals surface area (Å²) < 4.78 is 12.1. The molecule has 1 aromatic carbocycles. The second-order valence-electron chi connectivity index (χ2n) is 6.14. The maximum Gasteiger partial charge on any atom is 0.307 e. The van der Waals surface area contributed by atoms with Gasteiger partial charge in [-0.3, -0.25) is 14.3 Å². The lowest BCUT2D eigenvalue weighted by Gasteiger charge is -2.35. The largest absolute Gasteiger partial charge is 0.466 e. The first-order valence-electron chi connectivity index (χ1n) is 8.74. The van der Waals surface area contributed by atoms with Crippen molar-refractivity contribution in [2.75, 3.05) is 26.4 Å². The lowest BCUT2D eigenvalue weighted by molar-refractivity contribution is -0.145. The van der Waals surface area contributed by atoms with Crippen LogP contribution in [0.25, 0.3) is 11.3 Å². The van der Waals surface area contributed by atoms with Crippen molar-refractivity contribution in [1.29, 1.82) is 0 Å². The highest BCUT2D eigenvalue weighted by atomic mass is 16.5. The third-order valence-electron chi connectivity index (χ3n) is 4.36. The van der Waals surface area contributed by atoms with Crippen LogP contribution in [0.4, 0.5) is 0 Å². The minimum atomic E-state index is -0.328. The molecule has 1 aromatic heterocycles. The molecule has 1 atom stereocenters. The maximum absolute atomic E-state index is 13.1. The van der Waals surface area contributed by atoms with Crippen LogP contribution in [0, 0.1) is 0 Å². The molecule has 1 amide bonds. The van der Waals surface area contributed by atoms with Crippen molar-refractivity contribution >= 4 is 11.9 Å². The molecule has 0 N–H and O–H groups in total. The zero-order valence-corrected chi connectivity index (χ0v) is 15.1. The Bertz CT molecular complexity index is 772. The van der Waals surface area contributed by atoms with Gasteiger partial charge < -0.3 is 14.4 Å². The summed E-state index contributed by atoms with van der Waals surface area (Å²) in [6, 6.07) is 11.2. The second-order valence-corrected chi connectivity index (χ2v) is 6.14. The van der Waals surface area contributed by atoms with Crippen LogP contribution in [0.5, 0.6) is 0 Å². The van der Waals surface area contributed by atoms with Crippen molar-refractivity contribution in [1.82, 2.24) is 14.7 Å². The first kappa shape index (κ1) is 18.1. The van der Waals surface area contributed by atoms with E-state index in [2.05, 4.69) is 5.10 Å². The Morgan fingerprint density at radius 3 is 2.81 bits per heavy atom. The van der Waals surface area contributed by atoms with E-state index < -0.39 is 0 Å². The van der Waals surface area contributed by atoms with Crippen molar-refractivity contribution in [2.45, 2.75) is 19.4 Å². The fraction of sp³-hybridized carbons (Fsp3) is 0.421. The molecule has 0 radical (unpaired) electrons. The lowest BCUT2D eigenvalue weighted by Crippen LogP contribution is -2.50. The number of aromatic nitrogens is 2. The van der Waals surface area contributed by atoms with Gasteiger partial charge in [0.2, 0.25) is 0 Å². The summed E-state index contributed by atoms with van der Waals surface area (Å²) in [5.41, 5.74) is 2.18. The Hall–Kier alpha value is -2.67. The predicted molar refractivity (Wildman–Crippen MR) is 95.5 cm³/mol. The number of carbonyl (C=O) groups is 2. The molecule has 2 heterocycles. The molecule has 0 bridgehead atoms. The molecular formula is C19H23N3O4. The summed E-state index contributed by atoms with van der Waals surface area (Å²) in [6.45, 7) is 3.30. The van der Waals surface area contributed by atoms with E-state index in [4.69, 9.17) is 9.47 Å². The van der Waals surface area contributed by atoms with E-state index in [0.717, 1.165) is 11.3 Å². The van der Waals surface area contributed by atoms with Crippen LogP contribution in [-0.4, -0.2) is 59.0 Å². The Morgan fingerprint density at radius 1 is 1.31 bits per heavy atom. The minimum Gasteiger partial charge on any atom is -0.466 e. The molecule has 0 spiro atoms. The summed E-state index contributed by atoms with van der Waals surface area (Å²) in [7, 11) is 1.75. The van der Waals surface area contributed by atoms with Gasteiger partial charge >= 0.3 is 5.97 Å². The van der Waals surface area contributed by atoms with Gasteiger partial charge in [0.25, 0.3) is 5.91 Å². The van der Waals surface area contributed by atoms with Gasteiger partial charge in [-0.15, -0.1) is 0 Å². The third kappa shape index (κ3) is 3.94. The summed E-state index contributed by atoms with van der Waals surface area (Å²) in [5, 5.41) is 4.46. The van der Waals surface area contributed by atoms with E-state index in [9.17, 15) is 9.59 Å². The molecule has 0 aliphatic carbocycles. The van der Waals surface area contributed by atoms with Crippen LogP contribution in [0.15, 0.2) is 36.4 Å². The van der Waals surface area contributed by atoms with Gasteiger partial charge in [-0.05, 0) is 13.0 Å². The van der Waals surface area contributed by atoms with Gasteiger partial charge in [-0.1, -0.05) is 30.3 Å². The molecule has 1 saturated heterocycles. The molecule has 26 heavy (non-hydrogen) atoms. The Kier molecular flexibility index (Phi) is 5.68. The zero-order chi connectivity index (χ0) is 18.5. The average molecular weight is 357 g/mol. The smallest absolute Gasteiger partial charge is 0.307 e. The van der Waals surface area contributed by atoms with Crippen LogP contribution in [0.3, 0.4) is 0 Å². The van der Waals surface area contributed by atoms with E-state index in [-0.39, 0.29) is 24.3 Å². The summed E-state index contributed by atoms with van der Waals surface area (Å²) >= 11 is 0. The number of hydrogen-bond donors (Lipinski definition) is 0. The quantitative estimate of drug-likeness (QED) is 0.764. The Balaban J connectivity index is 1.80. The van der Waals surface area contributed by atoms with E-state index in [0.29, 0.717) is 32.1 Å². The lowest BCUT2D eigenvalue weighted by atomic mass is 10.1. The van der Waals surface area contributed by atoms with E-state index in [1.54, 1.807) is 29.6 Å². The van der Waals surface area contributed by atoms with Crippen LogP contribution < -0.4 is 0 Å². The van der Waals surface area contributed by atoms with Gasteiger partial charge in [0.15, 0.2) is 0 Å². The number of morpholine rings is 1. The SMILES string of the molecule is CCOC(=O)CC1COCCN1C(=O)c1cc(-c2ccccc2)nn1C. The first-order valence-corrected chi connectivity index (χ1v) is 8.74. The first-order chi connectivity index (χ1) is 12.6.